The van der Waals surface area contributed by atoms with Crippen molar-refractivity contribution in [1.29, 1.82) is 5.41 Å². The quantitative estimate of drug-likeness (QED) is 0.117. The van der Waals surface area contributed by atoms with E-state index in [1.54, 1.807) is 0 Å². The number of benzene rings is 9. The molecule has 0 saturated heterocycles. The molecule has 0 radical (unpaired) electrons. The molecule has 0 aliphatic heterocycles. The molecule has 0 amide bonds. The van der Waals surface area contributed by atoms with Crippen LogP contribution in [0.3, 0.4) is 0 Å². The molecule has 3 heterocycles. The zero-order valence-corrected chi connectivity index (χ0v) is 36.1. The van der Waals surface area contributed by atoms with Crippen LogP contribution in [0.25, 0.3) is 94.6 Å². The Morgan fingerprint density at radius 1 is 0.388 bits per heavy atom. The SMILES string of the molecule is N=C(N=C(Nn1c2ccccc2c2cc3c(cc21)c1ccccc1n3-c1ccc(-c2nc(-c3ccccc3)nc(-c3ccccc3-c3ccccc3)n2)cc1)c1ccccc1)c1ccccc1. The smallest absolute Gasteiger partial charge is 0.164 e. The molecule has 8 heteroatoms. The average Bonchev–Trinajstić information content (AvgIpc) is 3.89. The molecular weight excluding hydrogens is 821 g/mol. The third kappa shape index (κ3) is 7.19. The molecule has 67 heavy (non-hydrogen) atoms. The van der Waals surface area contributed by atoms with Gasteiger partial charge in [0.2, 0.25) is 0 Å². The standard InChI is InChI=1S/C59H40N8/c60-55(40-21-7-2-8-22-40)61-58(42-25-11-4-12-26-42)65-67-52-32-18-16-29-47(52)50-37-53-49(38-54(50)67)46-28-15-17-31-51(46)66(53)44-35-33-43(34-36-44)57-62-56(41-23-9-3-10-24-41)63-59(64-57)48-30-14-13-27-45(48)39-19-5-1-6-20-39/h1-38H,(H2,60,61,65). The molecule has 3 aromatic heterocycles. The van der Waals surface area contributed by atoms with Crippen LogP contribution < -0.4 is 5.43 Å². The molecule has 316 valence electrons. The van der Waals surface area contributed by atoms with Gasteiger partial charge in [-0.25, -0.2) is 19.9 Å². The molecule has 12 aromatic rings. The van der Waals surface area contributed by atoms with Crippen LogP contribution in [0.15, 0.2) is 236 Å². The summed E-state index contributed by atoms with van der Waals surface area (Å²) in [7, 11) is 0. The van der Waals surface area contributed by atoms with E-state index in [9.17, 15) is 0 Å². The van der Waals surface area contributed by atoms with Crippen molar-refractivity contribution in [3.8, 4) is 51.0 Å². The minimum Gasteiger partial charge on any atom is -0.309 e. The lowest BCUT2D eigenvalue weighted by Gasteiger charge is -2.15. The molecule has 0 unspecified atom stereocenters. The molecule has 0 fully saturated rings. The number of aliphatic imine (C=N–C) groups is 1. The Balaban J connectivity index is 0.990. The van der Waals surface area contributed by atoms with Crippen molar-refractivity contribution < 1.29 is 0 Å². The highest BCUT2D eigenvalue weighted by Crippen LogP contribution is 2.39. The van der Waals surface area contributed by atoms with Gasteiger partial charge in [-0.2, -0.15) is 0 Å². The summed E-state index contributed by atoms with van der Waals surface area (Å²) < 4.78 is 4.45. The zero-order chi connectivity index (χ0) is 44.7. The number of hydrogen-bond acceptors (Lipinski definition) is 4. The summed E-state index contributed by atoms with van der Waals surface area (Å²) in [5, 5.41) is 13.4. The molecule has 12 rings (SSSR count). The summed E-state index contributed by atoms with van der Waals surface area (Å²) in [5.41, 5.74) is 15.4. The molecule has 0 atom stereocenters. The molecular formula is C59H40N8. The normalized spacial score (nSPS) is 11.7. The maximum atomic E-state index is 8.99. The average molecular weight is 861 g/mol. The summed E-state index contributed by atoms with van der Waals surface area (Å²) in [6.45, 7) is 0. The van der Waals surface area contributed by atoms with Crippen LogP contribution in [0.5, 0.6) is 0 Å². The second-order valence-corrected chi connectivity index (χ2v) is 16.4. The maximum absolute atomic E-state index is 8.99. The van der Waals surface area contributed by atoms with Gasteiger partial charge in [-0.15, -0.1) is 0 Å². The molecule has 2 N–H and O–H groups in total. The van der Waals surface area contributed by atoms with Gasteiger partial charge in [-0.05, 0) is 59.7 Å². The third-order valence-electron chi connectivity index (χ3n) is 12.3. The molecule has 0 bridgehead atoms. The Morgan fingerprint density at radius 2 is 0.866 bits per heavy atom. The van der Waals surface area contributed by atoms with Crippen molar-refractivity contribution >= 4 is 55.3 Å². The molecule has 0 aliphatic rings. The molecule has 0 saturated carbocycles. The fraction of sp³-hybridized carbons (Fsp3) is 0. The first-order chi connectivity index (χ1) is 33.1. The first-order valence-corrected chi connectivity index (χ1v) is 22.2. The van der Waals surface area contributed by atoms with E-state index in [2.05, 4.69) is 142 Å². The van der Waals surface area contributed by atoms with Crippen LogP contribution in [-0.2, 0) is 0 Å². The third-order valence-corrected chi connectivity index (χ3v) is 12.3. The van der Waals surface area contributed by atoms with E-state index in [1.807, 2.05) is 103 Å². The maximum Gasteiger partial charge on any atom is 0.164 e. The number of para-hydroxylation sites is 2. The predicted molar refractivity (Wildman–Crippen MR) is 275 cm³/mol. The number of amidine groups is 2. The van der Waals surface area contributed by atoms with Crippen molar-refractivity contribution in [3.05, 3.63) is 242 Å². The first kappa shape index (κ1) is 39.3. The Morgan fingerprint density at radius 3 is 1.54 bits per heavy atom. The monoisotopic (exact) mass is 860 g/mol. The lowest BCUT2D eigenvalue weighted by molar-refractivity contribution is 1.07. The second kappa shape index (κ2) is 16.7. The van der Waals surface area contributed by atoms with Crippen molar-refractivity contribution in [2.45, 2.75) is 0 Å². The van der Waals surface area contributed by atoms with E-state index in [0.717, 1.165) is 88.2 Å². The summed E-state index contributed by atoms with van der Waals surface area (Å²) in [6, 6.07) is 78.5. The lowest BCUT2D eigenvalue weighted by Crippen LogP contribution is -2.25. The number of aromatic nitrogens is 5. The van der Waals surface area contributed by atoms with Crippen molar-refractivity contribution in [3.63, 3.8) is 0 Å². The van der Waals surface area contributed by atoms with E-state index < -0.39 is 0 Å². The Labute approximate surface area is 386 Å². The number of nitrogens with zero attached hydrogens (tertiary/aromatic N) is 6. The van der Waals surface area contributed by atoms with Crippen molar-refractivity contribution in [2.75, 3.05) is 5.43 Å². The Hall–Kier alpha value is -9.27. The van der Waals surface area contributed by atoms with Gasteiger partial charge in [-0.3, -0.25) is 15.5 Å². The van der Waals surface area contributed by atoms with Crippen LogP contribution in [-0.4, -0.2) is 35.9 Å². The van der Waals surface area contributed by atoms with E-state index in [1.165, 1.54) is 0 Å². The van der Waals surface area contributed by atoms with E-state index in [4.69, 9.17) is 25.4 Å². The lowest BCUT2D eigenvalue weighted by atomic mass is 9.99. The van der Waals surface area contributed by atoms with Gasteiger partial charge in [0.1, 0.15) is 0 Å². The second-order valence-electron chi connectivity index (χ2n) is 16.4. The Bertz CT molecular complexity index is 3820. The van der Waals surface area contributed by atoms with E-state index in [-0.39, 0.29) is 5.84 Å². The van der Waals surface area contributed by atoms with Gasteiger partial charge in [0.15, 0.2) is 29.1 Å². The molecule has 9 aromatic carbocycles. The Kier molecular flexibility index (Phi) is 9.80. The molecule has 0 aliphatic carbocycles. The van der Waals surface area contributed by atoms with E-state index in [0.29, 0.717) is 23.3 Å². The van der Waals surface area contributed by atoms with Gasteiger partial charge in [0.25, 0.3) is 0 Å². The van der Waals surface area contributed by atoms with Crippen molar-refractivity contribution in [1.82, 2.24) is 24.2 Å². The van der Waals surface area contributed by atoms with Gasteiger partial charge in [-0.1, -0.05) is 182 Å². The van der Waals surface area contributed by atoms with Crippen LogP contribution in [0, 0.1) is 5.41 Å². The summed E-state index contributed by atoms with van der Waals surface area (Å²) in [5.74, 6) is 2.57. The largest absolute Gasteiger partial charge is 0.309 e. The number of rotatable bonds is 8. The van der Waals surface area contributed by atoms with Gasteiger partial charge in [0, 0.05) is 55.0 Å². The van der Waals surface area contributed by atoms with Gasteiger partial charge < -0.3 is 4.57 Å². The number of hydrogen-bond donors (Lipinski definition) is 2. The highest BCUT2D eigenvalue weighted by Gasteiger charge is 2.20. The zero-order valence-electron chi connectivity index (χ0n) is 36.1. The van der Waals surface area contributed by atoms with Gasteiger partial charge in [0.05, 0.1) is 22.1 Å². The van der Waals surface area contributed by atoms with Crippen LogP contribution >= 0.6 is 0 Å². The number of nitrogens with one attached hydrogen (secondary N) is 2. The van der Waals surface area contributed by atoms with Crippen molar-refractivity contribution in [2.24, 2.45) is 4.99 Å². The van der Waals surface area contributed by atoms with Gasteiger partial charge >= 0.3 is 0 Å². The minimum absolute atomic E-state index is 0.171. The number of fused-ring (bicyclic) bond motifs is 6. The summed E-state index contributed by atoms with van der Waals surface area (Å²) >= 11 is 0. The first-order valence-electron chi connectivity index (χ1n) is 22.2. The molecule has 8 nitrogen and oxygen atoms in total. The van der Waals surface area contributed by atoms with E-state index >= 15 is 0 Å². The molecule has 0 spiro atoms. The topological polar surface area (TPSA) is 96.8 Å². The van der Waals surface area contributed by atoms with Crippen LogP contribution in [0.1, 0.15) is 11.1 Å². The fourth-order valence-corrected chi connectivity index (χ4v) is 9.11. The summed E-state index contributed by atoms with van der Waals surface area (Å²) in [4.78, 5) is 20.2. The predicted octanol–water partition coefficient (Wildman–Crippen LogP) is 13.8. The highest BCUT2D eigenvalue weighted by atomic mass is 15.4. The minimum atomic E-state index is 0.171. The highest BCUT2D eigenvalue weighted by molar-refractivity contribution is 6.20. The van der Waals surface area contributed by atoms with Crippen LogP contribution in [0.4, 0.5) is 0 Å². The fourth-order valence-electron chi connectivity index (χ4n) is 9.11. The van der Waals surface area contributed by atoms with Crippen LogP contribution in [0.2, 0.25) is 0 Å². The summed E-state index contributed by atoms with van der Waals surface area (Å²) in [6.07, 6.45) is 0.